The van der Waals surface area contributed by atoms with Crippen LogP contribution in [0.1, 0.15) is 60.8 Å². The minimum Gasteiger partial charge on any atom is -0.497 e. The van der Waals surface area contributed by atoms with E-state index < -0.39 is 14.4 Å². The first-order valence-corrected chi connectivity index (χ1v) is 14.7. The van der Waals surface area contributed by atoms with Gasteiger partial charge in [0, 0.05) is 11.5 Å². The predicted molar refractivity (Wildman–Crippen MR) is 138 cm³/mol. The van der Waals surface area contributed by atoms with Crippen LogP contribution in [0.4, 0.5) is 0 Å². The van der Waals surface area contributed by atoms with Crippen LogP contribution < -0.4 is 9.47 Å². The largest absolute Gasteiger partial charge is 0.497 e. The molecule has 0 aromatic heterocycles. The van der Waals surface area contributed by atoms with Gasteiger partial charge < -0.3 is 18.6 Å². The average Bonchev–Trinajstić information content (AvgIpc) is 3.12. The first-order valence-electron chi connectivity index (χ1n) is 11.8. The van der Waals surface area contributed by atoms with Crippen LogP contribution in [0.2, 0.25) is 18.1 Å². The highest BCUT2D eigenvalue weighted by molar-refractivity contribution is 6.74. The molecular weight excluding hydrogens is 444 g/mol. The van der Waals surface area contributed by atoms with Gasteiger partial charge in [-0.25, -0.2) is 4.79 Å². The minimum atomic E-state index is -2.13. The standard InChI is InChI=1S/C28H38O5Si/c1-10-18(2)25(33-34(8,9)28(4,5)6)26-22-16-11-19(3)24(23(22)27(29)32-26)31-17-20-12-14-21(30-7)15-13-20/h10-16,18,25-26H,1,17H2,2-9H3/t18-,25-,26-/m1/s1. The molecule has 184 valence electrons. The number of fused-ring (bicyclic) bond motifs is 1. The maximum absolute atomic E-state index is 13.1. The summed E-state index contributed by atoms with van der Waals surface area (Å²) in [6.07, 6.45) is 1.05. The van der Waals surface area contributed by atoms with Crippen LogP contribution >= 0.6 is 0 Å². The predicted octanol–water partition coefficient (Wildman–Crippen LogP) is 7.01. The lowest BCUT2D eigenvalue weighted by molar-refractivity contribution is -0.0163. The van der Waals surface area contributed by atoms with Crippen LogP contribution in [0.5, 0.6) is 11.5 Å². The van der Waals surface area contributed by atoms with Gasteiger partial charge in [-0.3, -0.25) is 0 Å². The summed E-state index contributed by atoms with van der Waals surface area (Å²) in [6.45, 7) is 19.4. The van der Waals surface area contributed by atoms with Crippen molar-refractivity contribution in [3.63, 3.8) is 0 Å². The Morgan fingerprint density at radius 1 is 1.15 bits per heavy atom. The molecule has 2 aromatic carbocycles. The van der Waals surface area contributed by atoms with E-state index in [0.29, 0.717) is 17.9 Å². The third-order valence-electron chi connectivity index (χ3n) is 7.10. The Balaban J connectivity index is 1.94. The van der Waals surface area contributed by atoms with E-state index >= 15 is 0 Å². The topological polar surface area (TPSA) is 54.0 Å². The molecule has 2 aromatic rings. The summed E-state index contributed by atoms with van der Waals surface area (Å²) in [6, 6.07) is 11.6. The third-order valence-corrected chi connectivity index (χ3v) is 11.6. The number of rotatable bonds is 9. The summed E-state index contributed by atoms with van der Waals surface area (Å²) in [5.74, 6) is 0.991. The molecule has 3 rings (SSSR count). The zero-order chi connectivity index (χ0) is 25.3. The maximum atomic E-state index is 13.1. The molecule has 3 atom stereocenters. The molecule has 0 aliphatic carbocycles. The van der Waals surface area contributed by atoms with Crippen molar-refractivity contribution in [1.29, 1.82) is 0 Å². The third kappa shape index (κ3) is 5.23. The Hall–Kier alpha value is -2.57. The lowest BCUT2D eigenvalue weighted by Gasteiger charge is -2.42. The van der Waals surface area contributed by atoms with Gasteiger partial charge >= 0.3 is 5.97 Å². The zero-order valence-corrected chi connectivity index (χ0v) is 22.7. The number of benzene rings is 2. The van der Waals surface area contributed by atoms with Crippen LogP contribution in [0.15, 0.2) is 49.1 Å². The van der Waals surface area contributed by atoms with Crippen LogP contribution in [0.3, 0.4) is 0 Å². The van der Waals surface area contributed by atoms with Crippen molar-refractivity contribution in [2.24, 2.45) is 5.92 Å². The summed E-state index contributed by atoms with van der Waals surface area (Å²) >= 11 is 0. The molecule has 5 nitrogen and oxygen atoms in total. The lowest BCUT2D eigenvalue weighted by atomic mass is 9.92. The van der Waals surface area contributed by atoms with Crippen molar-refractivity contribution >= 4 is 14.3 Å². The van der Waals surface area contributed by atoms with Gasteiger partial charge in [-0.15, -0.1) is 6.58 Å². The maximum Gasteiger partial charge on any atom is 0.343 e. The molecule has 0 saturated carbocycles. The Morgan fingerprint density at radius 3 is 2.35 bits per heavy atom. The fourth-order valence-electron chi connectivity index (χ4n) is 3.79. The number of esters is 1. The van der Waals surface area contributed by atoms with Gasteiger partial charge in [-0.1, -0.05) is 58.0 Å². The Kier molecular flexibility index (Phi) is 7.63. The van der Waals surface area contributed by atoms with Gasteiger partial charge in [0.05, 0.1) is 13.2 Å². The van der Waals surface area contributed by atoms with Crippen LogP contribution in [0, 0.1) is 12.8 Å². The van der Waals surface area contributed by atoms with E-state index in [1.165, 1.54) is 0 Å². The normalized spacial score (nSPS) is 17.5. The number of carbonyl (C=O) groups is 1. The van der Waals surface area contributed by atoms with Crippen LogP contribution in [-0.2, 0) is 15.8 Å². The quantitative estimate of drug-likeness (QED) is 0.219. The Morgan fingerprint density at radius 2 is 1.79 bits per heavy atom. The van der Waals surface area contributed by atoms with Gasteiger partial charge in [-0.05, 0) is 48.3 Å². The average molecular weight is 483 g/mol. The molecule has 1 aliphatic rings. The summed E-state index contributed by atoms with van der Waals surface area (Å²) in [5, 5.41) is 0.0253. The van der Waals surface area contributed by atoms with Crippen molar-refractivity contribution in [2.75, 3.05) is 7.11 Å². The molecule has 1 aliphatic heterocycles. The van der Waals surface area contributed by atoms with E-state index in [2.05, 4.69) is 47.4 Å². The molecule has 6 heteroatoms. The minimum absolute atomic E-state index is 0.00263. The molecule has 0 amide bonds. The molecule has 0 unspecified atom stereocenters. The summed E-state index contributed by atoms with van der Waals surface area (Å²) in [4.78, 5) is 13.1. The smallest absolute Gasteiger partial charge is 0.343 e. The SMILES string of the molecule is C=C[C@@H](C)[C@@H](O[Si](C)(C)C(C)(C)C)[C@@H]1OC(=O)c2c1ccc(C)c2OCc1ccc(OC)cc1. The summed E-state index contributed by atoms with van der Waals surface area (Å²) in [5.41, 5.74) is 3.19. The molecule has 0 bridgehead atoms. The number of aryl methyl sites for hydroxylation is 1. The van der Waals surface area contributed by atoms with E-state index in [-0.39, 0.29) is 23.0 Å². The molecule has 0 N–H and O–H groups in total. The van der Waals surface area contributed by atoms with Crippen LogP contribution in [0.25, 0.3) is 0 Å². The number of cyclic esters (lactones) is 1. The second-order valence-electron chi connectivity index (χ2n) is 10.6. The number of hydrogen-bond acceptors (Lipinski definition) is 5. The highest BCUT2D eigenvalue weighted by Crippen LogP contribution is 2.46. The van der Waals surface area contributed by atoms with Gasteiger partial charge in [0.15, 0.2) is 14.4 Å². The molecule has 34 heavy (non-hydrogen) atoms. The Bertz CT molecular complexity index is 1040. The zero-order valence-electron chi connectivity index (χ0n) is 21.7. The number of carbonyl (C=O) groups excluding carboxylic acids is 1. The number of methoxy groups -OCH3 is 1. The fourth-order valence-corrected chi connectivity index (χ4v) is 5.16. The van der Waals surface area contributed by atoms with Crippen molar-refractivity contribution in [1.82, 2.24) is 0 Å². The summed E-state index contributed by atoms with van der Waals surface area (Å²) < 4.78 is 24.2. The van der Waals surface area contributed by atoms with Crippen molar-refractivity contribution in [3.8, 4) is 11.5 Å². The van der Waals surface area contributed by atoms with Gasteiger partial charge in [0.1, 0.15) is 23.7 Å². The van der Waals surface area contributed by atoms with Crippen molar-refractivity contribution in [2.45, 2.75) is 71.6 Å². The van der Waals surface area contributed by atoms with Crippen molar-refractivity contribution < 1.29 is 23.4 Å². The van der Waals surface area contributed by atoms with Gasteiger partial charge in [0.2, 0.25) is 0 Å². The first kappa shape index (κ1) is 26.0. The second kappa shape index (κ2) is 9.96. The molecule has 0 saturated heterocycles. The van der Waals surface area contributed by atoms with Crippen LogP contribution in [-0.4, -0.2) is 27.5 Å². The molecule has 1 heterocycles. The first-order chi connectivity index (χ1) is 15.9. The highest BCUT2D eigenvalue weighted by atomic mass is 28.4. The van der Waals surface area contributed by atoms with E-state index in [9.17, 15) is 4.79 Å². The summed E-state index contributed by atoms with van der Waals surface area (Å²) in [7, 11) is -0.492. The van der Waals surface area contributed by atoms with E-state index in [4.69, 9.17) is 18.6 Å². The molecular formula is C28H38O5Si. The molecule has 0 spiro atoms. The van der Waals surface area contributed by atoms with E-state index in [0.717, 1.165) is 22.4 Å². The number of hydrogen-bond donors (Lipinski definition) is 0. The number of ether oxygens (including phenoxy) is 3. The highest BCUT2D eigenvalue weighted by Gasteiger charge is 2.46. The van der Waals surface area contributed by atoms with E-state index in [1.807, 2.05) is 49.4 Å². The molecule has 0 radical (unpaired) electrons. The van der Waals surface area contributed by atoms with Gasteiger partial charge in [0.25, 0.3) is 0 Å². The Labute approximate surface area is 205 Å². The fraction of sp³-hybridized carbons (Fsp3) is 0.464. The van der Waals surface area contributed by atoms with E-state index in [1.54, 1.807) is 7.11 Å². The van der Waals surface area contributed by atoms with Crippen molar-refractivity contribution in [3.05, 3.63) is 71.3 Å². The second-order valence-corrected chi connectivity index (χ2v) is 15.3. The monoisotopic (exact) mass is 482 g/mol. The van der Waals surface area contributed by atoms with Gasteiger partial charge in [-0.2, -0.15) is 0 Å². The lowest BCUT2D eigenvalue weighted by Crippen LogP contribution is -2.47. The molecule has 0 fully saturated rings.